The number of nitrogens with one attached hydrogen (secondary N) is 2. The maximum Gasteiger partial charge on any atom is 0.256 e. The Labute approximate surface area is 143 Å². The molecule has 2 heterocycles. The van der Waals surface area contributed by atoms with Gasteiger partial charge < -0.3 is 5.32 Å². The van der Waals surface area contributed by atoms with Crippen LogP contribution in [0.2, 0.25) is 0 Å². The normalized spacial score (nSPS) is 20.7. The SMILES string of the molecule is CNC(=O)c1ccc(N2NC(=O)CC(C)(c3ccsc3)C2=O)cc1. The van der Waals surface area contributed by atoms with Crippen molar-refractivity contribution >= 4 is 34.7 Å². The summed E-state index contributed by atoms with van der Waals surface area (Å²) in [5.41, 5.74) is 3.54. The first-order valence-corrected chi connectivity index (χ1v) is 8.39. The molecular formula is C17H17N3O3S. The summed E-state index contributed by atoms with van der Waals surface area (Å²) in [7, 11) is 1.55. The standard InChI is InChI=1S/C17H17N3O3S/c1-17(12-7-8-24-10-12)9-14(21)19-20(16(17)23)13-5-3-11(4-6-13)15(22)18-2/h3-8,10H,9H2,1-2H3,(H,18,22)(H,19,21). The van der Waals surface area contributed by atoms with Crippen molar-refractivity contribution in [2.24, 2.45) is 0 Å². The van der Waals surface area contributed by atoms with Crippen molar-refractivity contribution in [2.45, 2.75) is 18.8 Å². The average molecular weight is 343 g/mol. The molecule has 0 saturated carbocycles. The Bertz CT molecular complexity index is 786. The van der Waals surface area contributed by atoms with E-state index in [0.717, 1.165) is 5.56 Å². The van der Waals surface area contributed by atoms with Crippen molar-refractivity contribution in [3.63, 3.8) is 0 Å². The van der Waals surface area contributed by atoms with Crippen LogP contribution in [0.25, 0.3) is 0 Å². The number of carbonyl (C=O) groups excluding carboxylic acids is 3. The summed E-state index contributed by atoms with van der Waals surface area (Å²) in [4.78, 5) is 36.8. The first kappa shape index (κ1) is 16.2. The lowest BCUT2D eigenvalue weighted by molar-refractivity contribution is -0.136. The van der Waals surface area contributed by atoms with E-state index in [0.29, 0.717) is 11.3 Å². The summed E-state index contributed by atoms with van der Waals surface area (Å²) < 4.78 is 0. The molecule has 124 valence electrons. The Hall–Kier alpha value is -2.67. The Morgan fingerprint density at radius 1 is 1.25 bits per heavy atom. The zero-order valence-electron chi connectivity index (χ0n) is 13.3. The van der Waals surface area contributed by atoms with E-state index >= 15 is 0 Å². The summed E-state index contributed by atoms with van der Waals surface area (Å²) in [6.07, 6.45) is 0.107. The molecule has 7 heteroatoms. The first-order chi connectivity index (χ1) is 11.5. The Kier molecular flexibility index (Phi) is 4.11. The second-order valence-electron chi connectivity index (χ2n) is 5.82. The van der Waals surface area contributed by atoms with E-state index in [1.54, 1.807) is 38.2 Å². The Morgan fingerprint density at radius 2 is 1.96 bits per heavy atom. The summed E-state index contributed by atoms with van der Waals surface area (Å²) in [6, 6.07) is 8.38. The highest BCUT2D eigenvalue weighted by molar-refractivity contribution is 7.08. The third kappa shape index (κ3) is 2.67. The van der Waals surface area contributed by atoms with Crippen LogP contribution in [-0.4, -0.2) is 24.8 Å². The molecule has 6 nitrogen and oxygen atoms in total. The van der Waals surface area contributed by atoms with Gasteiger partial charge in [-0.25, -0.2) is 5.01 Å². The molecule has 0 spiro atoms. The molecule has 1 fully saturated rings. The maximum absolute atomic E-state index is 13.0. The number of nitrogens with zero attached hydrogens (tertiary/aromatic N) is 1. The predicted molar refractivity (Wildman–Crippen MR) is 91.7 cm³/mol. The number of hydrazine groups is 1. The van der Waals surface area contributed by atoms with Gasteiger partial charge in [0.2, 0.25) is 5.91 Å². The number of benzene rings is 1. The molecule has 3 amide bonds. The molecule has 1 saturated heterocycles. The van der Waals surface area contributed by atoms with E-state index in [1.165, 1.54) is 16.3 Å². The molecule has 0 aliphatic carbocycles. The minimum Gasteiger partial charge on any atom is -0.355 e. The summed E-state index contributed by atoms with van der Waals surface area (Å²) in [5, 5.41) is 7.58. The zero-order valence-corrected chi connectivity index (χ0v) is 14.1. The lowest BCUT2D eigenvalue weighted by Gasteiger charge is -2.38. The van der Waals surface area contributed by atoms with E-state index in [9.17, 15) is 14.4 Å². The summed E-state index contributed by atoms with van der Waals surface area (Å²) >= 11 is 1.49. The van der Waals surface area contributed by atoms with E-state index < -0.39 is 5.41 Å². The van der Waals surface area contributed by atoms with E-state index in [-0.39, 0.29) is 24.1 Å². The largest absolute Gasteiger partial charge is 0.355 e. The fourth-order valence-electron chi connectivity index (χ4n) is 2.75. The number of rotatable bonds is 3. The molecule has 2 aromatic rings. The monoisotopic (exact) mass is 343 g/mol. The van der Waals surface area contributed by atoms with Crippen molar-refractivity contribution in [1.82, 2.24) is 10.7 Å². The van der Waals surface area contributed by atoms with Crippen LogP contribution in [0.4, 0.5) is 5.69 Å². The fraction of sp³-hybridized carbons (Fsp3) is 0.235. The van der Waals surface area contributed by atoms with Crippen LogP contribution in [0.1, 0.15) is 29.3 Å². The molecular weight excluding hydrogens is 326 g/mol. The van der Waals surface area contributed by atoms with E-state index in [1.807, 2.05) is 16.8 Å². The Balaban J connectivity index is 1.94. The van der Waals surface area contributed by atoms with Crippen LogP contribution < -0.4 is 15.8 Å². The van der Waals surface area contributed by atoms with Crippen LogP contribution in [0.15, 0.2) is 41.1 Å². The molecule has 1 aromatic carbocycles. The smallest absolute Gasteiger partial charge is 0.256 e. The van der Waals surface area contributed by atoms with Crippen molar-refractivity contribution < 1.29 is 14.4 Å². The van der Waals surface area contributed by atoms with Crippen LogP contribution in [0.5, 0.6) is 0 Å². The van der Waals surface area contributed by atoms with Gasteiger partial charge in [-0.1, -0.05) is 0 Å². The minimum atomic E-state index is -0.901. The van der Waals surface area contributed by atoms with Crippen molar-refractivity contribution in [3.8, 4) is 0 Å². The van der Waals surface area contributed by atoms with Gasteiger partial charge in [-0.2, -0.15) is 11.3 Å². The zero-order chi connectivity index (χ0) is 17.3. The van der Waals surface area contributed by atoms with Gasteiger partial charge in [-0.05, 0) is 53.6 Å². The number of carbonyl (C=O) groups is 3. The van der Waals surface area contributed by atoms with Crippen LogP contribution in [0.3, 0.4) is 0 Å². The van der Waals surface area contributed by atoms with Crippen molar-refractivity contribution in [3.05, 3.63) is 52.2 Å². The van der Waals surface area contributed by atoms with Gasteiger partial charge in [-0.15, -0.1) is 0 Å². The molecule has 0 radical (unpaired) electrons. The van der Waals surface area contributed by atoms with Crippen LogP contribution >= 0.6 is 11.3 Å². The number of hydrogen-bond donors (Lipinski definition) is 2. The molecule has 1 atom stereocenters. The van der Waals surface area contributed by atoms with Crippen molar-refractivity contribution in [2.75, 3.05) is 12.1 Å². The highest BCUT2D eigenvalue weighted by atomic mass is 32.1. The second-order valence-corrected chi connectivity index (χ2v) is 6.60. The third-order valence-electron chi connectivity index (χ3n) is 4.20. The third-order valence-corrected chi connectivity index (χ3v) is 4.88. The summed E-state index contributed by atoms with van der Waals surface area (Å²) in [6.45, 7) is 1.78. The van der Waals surface area contributed by atoms with Gasteiger partial charge in [0.05, 0.1) is 11.1 Å². The second kappa shape index (κ2) is 6.09. The first-order valence-electron chi connectivity index (χ1n) is 7.44. The van der Waals surface area contributed by atoms with Gasteiger partial charge in [0.15, 0.2) is 0 Å². The quantitative estimate of drug-likeness (QED) is 0.892. The molecule has 1 aromatic heterocycles. The van der Waals surface area contributed by atoms with Crippen molar-refractivity contribution in [1.29, 1.82) is 0 Å². The predicted octanol–water partition coefficient (Wildman–Crippen LogP) is 1.83. The lowest BCUT2D eigenvalue weighted by atomic mass is 9.78. The van der Waals surface area contributed by atoms with Gasteiger partial charge >= 0.3 is 0 Å². The number of hydrogen-bond acceptors (Lipinski definition) is 4. The molecule has 1 aliphatic rings. The van der Waals surface area contributed by atoms with Gasteiger partial charge in [0.25, 0.3) is 11.8 Å². The maximum atomic E-state index is 13.0. The fourth-order valence-corrected chi connectivity index (χ4v) is 3.54. The van der Waals surface area contributed by atoms with Gasteiger partial charge in [0.1, 0.15) is 0 Å². The lowest BCUT2D eigenvalue weighted by Crippen LogP contribution is -2.60. The van der Waals surface area contributed by atoms with Gasteiger partial charge in [-0.3, -0.25) is 19.8 Å². The molecule has 0 bridgehead atoms. The number of thiophene rings is 1. The highest BCUT2D eigenvalue weighted by Gasteiger charge is 2.45. The van der Waals surface area contributed by atoms with E-state index in [2.05, 4.69) is 10.7 Å². The Morgan fingerprint density at radius 3 is 2.54 bits per heavy atom. The highest BCUT2D eigenvalue weighted by Crippen LogP contribution is 2.35. The molecule has 2 N–H and O–H groups in total. The minimum absolute atomic E-state index is 0.107. The van der Waals surface area contributed by atoms with E-state index in [4.69, 9.17) is 0 Å². The van der Waals surface area contributed by atoms with Crippen LogP contribution in [0, 0.1) is 0 Å². The molecule has 1 unspecified atom stereocenters. The number of amides is 3. The van der Waals surface area contributed by atoms with Gasteiger partial charge in [0, 0.05) is 19.0 Å². The van der Waals surface area contributed by atoms with Crippen LogP contribution in [-0.2, 0) is 15.0 Å². The molecule has 1 aliphatic heterocycles. The molecule has 3 rings (SSSR count). The molecule has 24 heavy (non-hydrogen) atoms. The number of anilines is 1. The average Bonchev–Trinajstić information content (AvgIpc) is 3.13. The summed E-state index contributed by atoms with van der Waals surface area (Å²) in [5.74, 6) is -0.634. The topological polar surface area (TPSA) is 78.5 Å².